The second-order valence-corrected chi connectivity index (χ2v) is 7.09. The van der Waals surface area contributed by atoms with E-state index in [1.54, 1.807) is 12.1 Å². The van der Waals surface area contributed by atoms with Crippen molar-refractivity contribution in [2.75, 3.05) is 18.8 Å². The van der Waals surface area contributed by atoms with Gasteiger partial charge in [0.15, 0.2) is 5.78 Å². The molecule has 0 radical (unpaired) electrons. The Morgan fingerprint density at radius 3 is 2.54 bits per heavy atom. The van der Waals surface area contributed by atoms with Gasteiger partial charge in [-0.15, -0.1) is 0 Å². The predicted octanol–water partition coefficient (Wildman–Crippen LogP) is 2.42. The van der Waals surface area contributed by atoms with Crippen molar-refractivity contribution in [1.29, 1.82) is 0 Å². The van der Waals surface area contributed by atoms with Crippen LogP contribution in [0.5, 0.6) is 0 Å². The lowest BCUT2D eigenvalue weighted by Gasteiger charge is -2.32. The Labute approximate surface area is 150 Å². The molecule has 7 heteroatoms. The van der Waals surface area contributed by atoms with Gasteiger partial charge in [-0.1, -0.05) is 0 Å². The number of aromatic nitrogens is 2. The molecule has 4 rings (SSSR count). The van der Waals surface area contributed by atoms with Crippen molar-refractivity contribution in [2.24, 2.45) is 11.8 Å². The number of hydrogen-bond donors (Lipinski definition) is 1. The van der Waals surface area contributed by atoms with E-state index >= 15 is 0 Å². The lowest BCUT2D eigenvalue weighted by Crippen LogP contribution is -2.43. The molecule has 0 spiro atoms. The molecule has 1 atom stereocenters. The second kappa shape index (κ2) is 6.55. The first kappa shape index (κ1) is 16.8. The third-order valence-corrected chi connectivity index (χ3v) is 5.17. The Morgan fingerprint density at radius 2 is 1.85 bits per heavy atom. The van der Waals surface area contributed by atoms with Gasteiger partial charge >= 0.3 is 0 Å². The maximum absolute atomic E-state index is 13.1. The highest BCUT2D eigenvalue weighted by molar-refractivity contribution is 6.02. The van der Waals surface area contributed by atoms with Gasteiger partial charge in [-0.05, 0) is 49.9 Å². The number of nitrogens with two attached hydrogens (primary N) is 1. The number of carbonyl (C=O) groups excluding carboxylic acids is 2. The SMILES string of the molecule is Nc1c(C(=O)[C@@H]2CCCN(C(=O)C3CC3)C2)cnn1-c1ccc(F)cc1. The number of nitrogen functional groups attached to an aromatic ring is 1. The van der Waals surface area contributed by atoms with Crippen LogP contribution in [0.1, 0.15) is 36.0 Å². The Bertz CT molecular complexity index is 842. The molecule has 1 aromatic carbocycles. The van der Waals surface area contributed by atoms with Crippen molar-refractivity contribution < 1.29 is 14.0 Å². The molecule has 2 N–H and O–H groups in total. The fourth-order valence-electron chi connectivity index (χ4n) is 3.54. The summed E-state index contributed by atoms with van der Waals surface area (Å²) in [6.45, 7) is 1.18. The Morgan fingerprint density at radius 1 is 1.12 bits per heavy atom. The molecule has 1 aliphatic carbocycles. The summed E-state index contributed by atoms with van der Waals surface area (Å²) >= 11 is 0. The number of Topliss-reactive ketones (excluding diaryl/α,β-unsaturated/α-hetero) is 1. The lowest BCUT2D eigenvalue weighted by atomic mass is 9.90. The smallest absolute Gasteiger partial charge is 0.225 e. The minimum absolute atomic E-state index is 0.0795. The quantitative estimate of drug-likeness (QED) is 0.853. The van der Waals surface area contributed by atoms with E-state index < -0.39 is 0 Å². The number of amides is 1. The van der Waals surface area contributed by atoms with Gasteiger partial charge in [-0.25, -0.2) is 9.07 Å². The van der Waals surface area contributed by atoms with Crippen molar-refractivity contribution >= 4 is 17.5 Å². The lowest BCUT2D eigenvalue weighted by molar-refractivity contribution is -0.133. The summed E-state index contributed by atoms with van der Waals surface area (Å²) < 4.78 is 14.5. The molecule has 1 aromatic heterocycles. The summed E-state index contributed by atoms with van der Waals surface area (Å²) in [6.07, 6.45) is 4.95. The van der Waals surface area contributed by atoms with E-state index in [4.69, 9.17) is 5.73 Å². The van der Waals surface area contributed by atoms with Crippen LogP contribution in [0.3, 0.4) is 0 Å². The second-order valence-electron chi connectivity index (χ2n) is 7.09. The van der Waals surface area contributed by atoms with Crippen LogP contribution in [0.4, 0.5) is 10.2 Å². The van der Waals surface area contributed by atoms with Gasteiger partial charge in [0, 0.05) is 24.9 Å². The number of anilines is 1. The summed E-state index contributed by atoms with van der Waals surface area (Å²) in [4.78, 5) is 27.1. The first-order chi connectivity index (χ1) is 12.5. The molecule has 2 aliphatic rings. The summed E-state index contributed by atoms with van der Waals surface area (Å²) in [5, 5.41) is 4.19. The molecular weight excluding hydrogens is 335 g/mol. The van der Waals surface area contributed by atoms with Crippen molar-refractivity contribution in [2.45, 2.75) is 25.7 Å². The molecule has 0 bridgehead atoms. The standard InChI is InChI=1S/C19H21FN4O2/c20-14-5-7-15(8-6-14)24-18(21)16(10-22-24)17(25)13-2-1-9-23(11-13)19(26)12-3-4-12/h5-8,10,12-13H,1-4,9,11,21H2/t13-/m1/s1. The predicted molar refractivity (Wildman–Crippen MR) is 94.3 cm³/mol. The van der Waals surface area contributed by atoms with Crippen LogP contribution >= 0.6 is 0 Å². The number of likely N-dealkylation sites (tertiary alicyclic amines) is 1. The fourth-order valence-corrected chi connectivity index (χ4v) is 3.54. The molecule has 2 heterocycles. The number of nitrogens with zero attached hydrogens (tertiary/aromatic N) is 3. The number of benzene rings is 1. The highest BCUT2D eigenvalue weighted by Crippen LogP contribution is 2.33. The Kier molecular flexibility index (Phi) is 4.22. The molecule has 1 aliphatic heterocycles. The van der Waals surface area contributed by atoms with Gasteiger partial charge in [0.05, 0.1) is 17.4 Å². The number of ketones is 1. The summed E-state index contributed by atoms with van der Waals surface area (Å²) in [7, 11) is 0. The zero-order chi connectivity index (χ0) is 18.3. The van der Waals surface area contributed by atoms with Gasteiger partial charge in [0.2, 0.25) is 5.91 Å². The molecule has 6 nitrogen and oxygen atoms in total. The number of halogens is 1. The topological polar surface area (TPSA) is 81.2 Å². The maximum atomic E-state index is 13.1. The van der Waals surface area contributed by atoms with Crippen LogP contribution in [0, 0.1) is 17.7 Å². The van der Waals surface area contributed by atoms with Gasteiger partial charge in [0.1, 0.15) is 11.6 Å². The van der Waals surface area contributed by atoms with E-state index in [2.05, 4.69) is 5.10 Å². The van der Waals surface area contributed by atoms with Gasteiger partial charge in [-0.3, -0.25) is 9.59 Å². The highest BCUT2D eigenvalue weighted by atomic mass is 19.1. The first-order valence-corrected chi connectivity index (χ1v) is 8.97. The molecule has 0 unspecified atom stereocenters. The average Bonchev–Trinajstić information content (AvgIpc) is 3.44. The van der Waals surface area contributed by atoms with E-state index in [-0.39, 0.29) is 35.2 Å². The Hall–Kier alpha value is -2.70. The molecule has 1 saturated carbocycles. The van der Waals surface area contributed by atoms with Crippen molar-refractivity contribution in [3.8, 4) is 5.69 Å². The molecule has 1 saturated heterocycles. The van der Waals surface area contributed by atoms with Gasteiger partial charge < -0.3 is 10.6 Å². The number of rotatable bonds is 4. The number of carbonyl (C=O) groups is 2. The van der Waals surface area contributed by atoms with E-state index in [0.29, 0.717) is 17.8 Å². The van der Waals surface area contributed by atoms with Crippen LogP contribution in [0.25, 0.3) is 5.69 Å². The maximum Gasteiger partial charge on any atom is 0.225 e. The Balaban J connectivity index is 1.52. The van der Waals surface area contributed by atoms with E-state index in [0.717, 1.165) is 32.2 Å². The zero-order valence-electron chi connectivity index (χ0n) is 14.4. The van der Waals surface area contributed by atoms with Crippen LogP contribution in [-0.2, 0) is 4.79 Å². The minimum Gasteiger partial charge on any atom is -0.383 e. The normalized spacial score (nSPS) is 20.2. The molecule has 26 heavy (non-hydrogen) atoms. The monoisotopic (exact) mass is 356 g/mol. The van der Waals surface area contributed by atoms with E-state index in [1.165, 1.54) is 23.0 Å². The van der Waals surface area contributed by atoms with Crippen LogP contribution in [-0.4, -0.2) is 39.5 Å². The summed E-state index contributed by atoms with van der Waals surface area (Å²) in [5.41, 5.74) is 7.09. The molecular formula is C19H21FN4O2. The fraction of sp³-hybridized carbons (Fsp3) is 0.421. The van der Waals surface area contributed by atoms with Crippen LogP contribution < -0.4 is 5.73 Å². The van der Waals surface area contributed by atoms with Crippen molar-refractivity contribution in [3.63, 3.8) is 0 Å². The van der Waals surface area contributed by atoms with Crippen molar-refractivity contribution in [1.82, 2.24) is 14.7 Å². The number of piperidine rings is 1. The van der Waals surface area contributed by atoms with Crippen LogP contribution in [0.15, 0.2) is 30.5 Å². The van der Waals surface area contributed by atoms with Gasteiger partial charge in [-0.2, -0.15) is 5.10 Å². The summed E-state index contributed by atoms with van der Waals surface area (Å²) in [6, 6.07) is 5.76. The molecule has 1 amide bonds. The van der Waals surface area contributed by atoms with Crippen LogP contribution in [0.2, 0.25) is 0 Å². The average molecular weight is 356 g/mol. The zero-order valence-corrected chi connectivity index (χ0v) is 14.4. The number of hydrogen-bond acceptors (Lipinski definition) is 4. The largest absolute Gasteiger partial charge is 0.383 e. The van der Waals surface area contributed by atoms with E-state index in [9.17, 15) is 14.0 Å². The molecule has 136 valence electrons. The van der Waals surface area contributed by atoms with Crippen molar-refractivity contribution in [3.05, 3.63) is 41.8 Å². The molecule has 2 fully saturated rings. The first-order valence-electron chi connectivity index (χ1n) is 8.97. The van der Waals surface area contributed by atoms with Gasteiger partial charge in [0.25, 0.3) is 0 Å². The summed E-state index contributed by atoms with van der Waals surface area (Å²) in [5.74, 6) is -0.0953. The third kappa shape index (κ3) is 3.09. The molecule has 2 aromatic rings. The third-order valence-electron chi connectivity index (χ3n) is 5.17. The highest BCUT2D eigenvalue weighted by Gasteiger charge is 2.37. The minimum atomic E-state index is -0.349. The van der Waals surface area contributed by atoms with E-state index in [1.807, 2.05) is 4.90 Å².